The van der Waals surface area contributed by atoms with E-state index in [1.54, 1.807) is 6.92 Å². The summed E-state index contributed by atoms with van der Waals surface area (Å²) in [5, 5.41) is 0. The van der Waals surface area contributed by atoms with Crippen LogP contribution in [0.3, 0.4) is 0 Å². The highest BCUT2D eigenvalue weighted by molar-refractivity contribution is 5.80. The van der Waals surface area contributed by atoms with E-state index in [1.807, 2.05) is 12.2 Å². The van der Waals surface area contributed by atoms with E-state index in [-0.39, 0.29) is 17.7 Å². The van der Waals surface area contributed by atoms with Crippen molar-refractivity contribution in [2.75, 3.05) is 7.11 Å². The summed E-state index contributed by atoms with van der Waals surface area (Å²) in [6.45, 7) is 3.30. The van der Waals surface area contributed by atoms with E-state index in [4.69, 9.17) is 4.74 Å². The van der Waals surface area contributed by atoms with Gasteiger partial charge in [-0.25, -0.2) is 0 Å². The largest absolute Gasteiger partial charge is 0.469 e. The normalized spacial score (nSPS) is 30.8. The Morgan fingerprint density at radius 1 is 1.50 bits per heavy atom. The van der Waals surface area contributed by atoms with E-state index >= 15 is 0 Å². The first-order chi connectivity index (χ1) is 8.45. The molecule has 4 nitrogen and oxygen atoms in total. The molecule has 0 heterocycles. The van der Waals surface area contributed by atoms with Crippen molar-refractivity contribution in [1.82, 2.24) is 0 Å². The lowest BCUT2D eigenvalue weighted by molar-refractivity contribution is -0.154. The van der Waals surface area contributed by atoms with Crippen LogP contribution in [0.2, 0.25) is 0 Å². The van der Waals surface area contributed by atoms with Gasteiger partial charge < -0.3 is 14.3 Å². The molecule has 100 valence electrons. The quantitative estimate of drug-likeness (QED) is 0.426. The number of rotatable bonds is 5. The smallest absolute Gasteiger partial charge is 0.309 e. The number of carbonyl (C=O) groups is 3. The Labute approximate surface area is 107 Å². The molecule has 3 atom stereocenters. The van der Waals surface area contributed by atoms with Gasteiger partial charge in [0.1, 0.15) is 12.1 Å². The Bertz CT molecular complexity index is 372. The van der Waals surface area contributed by atoms with Crippen molar-refractivity contribution < 1.29 is 19.1 Å². The molecule has 0 saturated heterocycles. The highest BCUT2D eigenvalue weighted by atomic mass is 16.5. The van der Waals surface area contributed by atoms with Crippen LogP contribution in [-0.4, -0.2) is 25.1 Å². The van der Waals surface area contributed by atoms with E-state index in [1.165, 1.54) is 14.0 Å². The number of ether oxygens (including phenoxy) is 1. The fourth-order valence-electron chi connectivity index (χ4n) is 2.53. The maximum absolute atomic E-state index is 11.7. The Morgan fingerprint density at radius 3 is 2.67 bits per heavy atom. The van der Waals surface area contributed by atoms with Gasteiger partial charge in [0.05, 0.1) is 13.0 Å². The van der Waals surface area contributed by atoms with Gasteiger partial charge in [-0.3, -0.25) is 4.79 Å². The van der Waals surface area contributed by atoms with Crippen LogP contribution in [-0.2, 0) is 19.1 Å². The number of hydrogen-bond acceptors (Lipinski definition) is 4. The summed E-state index contributed by atoms with van der Waals surface area (Å²) in [5.41, 5.74) is -0.780. The summed E-state index contributed by atoms with van der Waals surface area (Å²) in [6.07, 6.45) is 6.21. The lowest BCUT2D eigenvalue weighted by Gasteiger charge is -2.39. The molecule has 0 aromatic rings. The molecule has 0 saturated carbocycles. The van der Waals surface area contributed by atoms with E-state index in [0.717, 1.165) is 6.29 Å². The van der Waals surface area contributed by atoms with Gasteiger partial charge in [-0.1, -0.05) is 19.1 Å². The number of hydrogen-bond donors (Lipinski definition) is 0. The van der Waals surface area contributed by atoms with Crippen molar-refractivity contribution in [3.05, 3.63) is 12.2 Å². The fourth-order valence-corrected chi connectivity index (χ4v) is 2.53. The number of allylic oxidation sites excluding steroid dienone is 2. The van der Waals surface area contributed by atoms with Crippen LogP contribution in [0, 0.1) is 17.3 Å². The number of carbonyl (C=O) groups excluding carboxylic acids is 3. The van der Waals surface area contributed by atoms with E-state index < -0.39 is 11.3 Å². The van der Waals surface area contributed by atoms with Crippen LogP contribution >= 0.6 is 0 Å². The lowest BCUT2D eigenvalue weighted by Crippen LogP contribution is -2.43. The number of methoxy groups -OCH3 is 1. The molecular formula is C14H20O4. The number of aldehydes is 1. The third-order valence-electron chi connectivity index (χ3n) is 3.84. The summed E-state index contributed by atoms with van der Waals surface area (Å²) in [4.78, 5) is 34.2. The molecule has 0 aromatic carbocycles. The Kier molecular flexibility index (Phi) is 4.82. The molecule has 0 spiro atoms. The third-order valence-corrected chi connectivity index (χ3v) is 3.84. The second-order valence-corrected chi connectivity index (χ2v) is 5.07. The predicted octanol–water partition coefficient (Wildman–Crippen LogP) is 1.93. The van der Waals surface area contributed by atoms with E-state index in [9.17, 15) is 14.4 Å². The molecular weight excluding hydrogens is 232 g/mol. The molecule has 4 heteroatoms. The average molecular weight is 252 g/mol. The van der Waals surface area contributed by atoms with Crippen molar-refractivity contribution in [3.8, 4) is 0 Å². The minimum Gasteiger partial charge on any atom is -0.469 e. The van der Waals surface area contributed by atoms with Crippen molar-refractivity contribution in [1.29, 1.82) is 0 Å². The summed E-state index contributed by atoms with van der Waals surface area (Å²) in [5.74, 6) is -0.808. The summed E-state index contributed by atoms with van der Waals surface area (Å²) >= 11 is 0. The molecule has 1 rings (SSSR count). The molecule has 0 aromatic heterocycles. The van der Waals surface area contributed by atoms with Gasteiger partial charge in [-0.15, -0.1) is 0 Å². The zero-order valence-electron chi connectivity index (χ0n) is 11.1. The highest BCUT2D eigenvalue weighted by Gasteiger charge is 2.45. The van der Waals surface area contributed by atoms with Gasteiger partial charge >= 0.3 is 5.97 Å². The maximum atomic E-state index is 11.7. The zero-order chi connectivity index (χ0) is 13.8. The SMILES string of the molecule is COC(=O)[C@H]1CC=C[C@H](CCC(C)=O)[C@]1(C)C=O. The van der Waals surface area contributed by atoms with Gasteiger partial charge in [0.2, 0.25) is 0 Å². The molecule has 0 radical (unpaired) electrons. The Balaban J connectivity index is 2.93. The molecule has 0 unspecified atom stereocenters. The maximum Gasteiger partial charge on any atom is 0.309 e. The average Bonchev–Trinajstić information content (AvgIpc) is 2.36. The molecule has 1 aliphatic carbocycles. The monoisotopic (exact) mass is 252 g/mol. The summed E-state index contributed by atoms with van der Waals surface area (Å²) < 4.78 is 4.76. The minimum atomic E-state index is -0.780. The molecule has 1 aliphatic rings. The molecule has 0 amide bonds. The first kappa shape index (κ1) is 14.6. The van der Waals surface area contributed by atoms with Crippen molar-refractivity contribution in [2.24, 2.45) is 17.3 Å². The minimum absolute atomic E-state index is 0.0863. The zero-order valence-corrected chi connectivity index (χ0v) is 11.1. The summed E-state index contributed by atoms with van der Waals surface area (Å²) in [6, 6.07) is 0. The second-order valence-electron chi connectivity index (χ2n) is 5.07. The van der Waals surface area contributed by atoms with Gasteiger partial charge in [-0.05, 0) is 25.7 Å². The topological polar surface area (TPSA) is 60.4 Å². The Hall–Kier alpha value is -1.45. The molecule has 0 aliphatic heterocycles. The number of esters is 1. The standard InChI is InChI=1S/C14H20O4/c1-10(16)7-8-11-5-4-6-12(13(17)18-3)14(11,2)9-15/h4-5,9,11-12H,6-8H2,1-3H3/t11-,12-,14+/m1/s1. The lowest BCUT2D eigenvalue weighted by atomic mass is 9.63. The highest BCUT2D eigenvalue weighted by Crippen LogP contribution is 2.43. The van der Waals surface area contributed by atoms with Gasteiger partial charge in [0.15, 0.2) is 0 Å². The van der Waals surface area contributed by atoms with E-state index in [2.05, 4.69) is 0 Å². The van der Waals surface area contributed by atoms with Crippen molar-refractivity contribution >= 4 is 18.0 Å². The number of ketones is 1. The van der Waals surface area contributed by atoms with E-state index in [0.29, 0.717) is 19.3 Å². The van der Waals surface area contributed by atoms with Gasteiger partial charge in [0, 0.05) is 11.8 Å². The van der Waals surface area contributed by atoms with Crippen LogP contribution in [0.15, 0.2) is 12.2 Å². The molecule has 0 bridgehead atoms. The summed E-state index contributed by atoms with van der Waals surface area (Å²) in [7, 11) is 1.33. The first-order valence-electron chi connectivity index (χ1n) is 6.16. The fraction of sp³-hybridized carbons (Fsp3) is 0.643. The van der Waals surface area contributed by atoms with Crippen LogP contribution in [0.5, 0.6) is 0 Å². The van der Waals surface area contributed by atoms with Crippen LogP contribution in [0.25, 0.3) is 0 Å². The van der Waals surface area contributed by atoms with Crippen molar-refractivity contribution in [3.63, 3.8) is 0 Å². The Morgan fingerprint density at radius 2 is 2.17 bits per heavy atom. The van der Waals surface area contributed by atoms with Gasteiger partial charge in [0.25, 0.3) is 0 Å². The molecule has 0 fully saturated rings. The van der Waals surface area contributed by atoms with Crippen LogP contribution in [0.1, 0.15) is 33.1 Å². The molecule has 18 heavy (non-hydrogen) atoms. The van der Waals surface area contributed by atoms with Gasteiger partial charge in [-0.2, -0.15) is 0 Å². The predicted molar refractivity (Wildman–Crippen MR) is 66.8 cm³/mol. The molecule has 0 N–H and O–H groups in total. The van der Waals surface area contributed by atoms with Crippen molar-refractivity contribution in [2.45, 2.75) is 33.1 Å². The van der Waals surface area contributed by atoms with Crippen LogP contribution in [0.4, 0.5) is 0 Å². The second kappa shape index (κ2) is 5.94. The van der Waals surface area contributed by atoms with Crippen LogP contribution < -0.4 is 0 Å². The first-order valence-corrected chi connectivity index (χ1v) is 6.16. The number of Topliss-reactive ketones (excluding diaryl/α,β-unsaturated/α-hetero) is 1. The third kappa shape index (κ3) is 2.86.